The van der Waals surface area contributed by atoms with Gasteiger partial charge in [-0.25, -0.2) is 0 Å². The molecule has 4 nitrogen and oxygen atoms in total. The first-order chi connectivity index (χ1) is 9.82. The maximum Gasteiger partial charge on any atom is 0.237 e. The van der Waals surface area contributed by atoms with Crippen molar-refractivity contribution in [3.63, 3.8) is 0 Å². The van der Waals surface area contributed by atoms with E-state index in [1.165, 1.54) is 32.1 Å². The maximum atomic E-state index is 12.3. The fourth-order valence-corrected chi connectivity index (χ4v) is 3.71. The van der Waals surface area contributed by atoms with Crippen molar-refractivity contribution in [3.05, 3.63) is 0 Å². The summed E-state index contributed by atoms with van der Waals surface area (Å²) in [5.74, 6) is 0.130. The van der Waals surface area contributed by atoms with Gasteiger partial charge in [0.2, 0.25) is 5.91 Å². The predicted molar refractivity (Wildman–Crippen MR) is 87.3 cm³/mol. The molecule has 0 aromatic rings. The molecule has 0 aromatic carbocycles. The van der Waals surface area contributed by atoms with Crippen LogP contribution >= 0.6 is 0 Å². The van der Waals surface area contributed by atoms with Crippen LogP contribution in [0.4, 0.5) is 0 Å². The second-order valence-corrected chi connectivity index (χ2v) is 7.69. The molecule has 2 aliphatic heterocycles. The zero-order chi connectivity index (χ0) is 15.6. The molecule has 21 heavy (non-hydrogen) atoms. The summed E-state index contributed by atoms with van der Waals surface area (Å²) in [6.45, 7) is 8.26. The molecule has 122 valence electrons. The van der Waals surface area contributed by atoms with E-state index in [1.54, 1.807) is 0 Å². The summed E-state index contributed by atoms with van der Waals surface area (Å²) in [7, 11) is 2.27. The topological polar surface area (TPSA) is 44.4 Å². The largest absolute Gasteiger partial charge is 0.350 e. The number of carbonyl (C=O) groups is 1. The predicted octanol–water partition coefficient (Wildman–Crippen LogP) is 2.28. The van der Waals surface area contributed by atoms with Crippen molar-refractivity contribution in [3.8, 4) is 0 Å². The molecule has 1 amide bonds. The van der Waals surface area contributed by atoms with Gasteiger partial charge >= 0.3 is 0 Å². The Bertz CT molecular complexity index is 355. The zero-order valence-corrected chi connectivity index (χ0v) is 14.4. The maximum absolute atomic E-state index is 12.3. The highest BCUT2D eigenvalue weighted by Gasteiger charge is 2.36. The van der Waals surface area contributed by atoms with Crippen molar-refractivity contribution in [2.45, 2.75) is 95.9 Å². The van der Waals surface area contributed by atoms with E-state index >= 15 is 0 Å². The molecule has 2 heterocycles. The average molecular weight is 295 g/mol. The summed E-state index contributed by atoms with van der Waals surface area (Å²) in [5, 5.41) is 6.72. The van der Waals surface area contributed by atoms with Crippen LogP contribution in [0, 0.1) is 0 Å². The minimum Gasteiger partial charge on any atom is -0.350 e. The molecule has 2 bridgehead atoms. The fourth-order valence-electron chi connectivity index (χ4n) is 3.71. The van der Waals surface area contributed by atoms with Gasteiger partial charge in [0.1, 0.15) is 0 Å². The van der Waals surface area contributed by atoms with Gasteiger partial charge < -0.3 is 15.5 Å². The molecule has 2 N–H and O–H groups in total. The van der Waals surface area contributed by atoms with Crippen LogP contribution < -0.4 is 10.6 Å². The third-order valence-corrected chi connectivity index (χ3v) is 5.56. The molecule has 2 saturated heterocycles. The monoisotopic (exact) mass is 295 g/mol. The molecule has 2 rings (SSSR count). The van der Waals surface area contributed by atoms with Crippen molar-refractivity contribution in [1.82, 2.24) is 15.5 Å². The number of nitrogens with one attached hydrogen (secondary N) is 2. The summed E-state index contributed by atoms with van der Waals surface area (Å²) in [6, 6.07) is 1.79. The van der Waals surface area contributed by atoms with Crippen molar-refractivity contribution in [2.75, 3.05) is 7.05 Å². The SMILES string of the molecule is CCC(C)(C)NC(=O)C(C)NC1CC2CCCC(C1)N2C. The molecule has 2 aliphatic rings. The van der Waals surface area contributed by atoms with Crippen LogP contribution in [0.1, 0.15) is 66.2 Å². The van der Waals surface area contributed by atoms with E-state index in [0.717, 1.165) is 6.42 Å². The van der Waals surface area contributed by atoms with Gasteiger partial charge in [0.05, 0.1) is 6.04 Å². The Labute approximate surface area is 130 Å². The van der Waals surface area contributed by atoms with Gasteiger partial charge in [-0.3, -0.25) is 4.79 Å². The van der Waals surface area contributed by atoms with Gasteiger partial charge in [0, 0.05) is 23.7 Å². The van der Waals surface area contributed by atoms with E-state index in [-0.39, 0.29) is 17.5 Å². The number of piperidine rings is 2. The number of carbonyl (C=O) groups excluding carboxylic acids is 1. The first-order valence-corrected chi connectivity index (χ1v) is 8.62. The Hall–Kier alpha value is -0.610. The first-order valence-electron chi connectivity index (χ1n) is 8.62. The number of hydrogen-bond donors (Lipinski definition) is 2. The summed E-state index contributed by atoms with van der Waals surface area (Å²) >= 11 is 0. The Morgan fingerprint density at radius 2 is 1.86 bits per heavy atom. The van der Waals surface area contributed by atoms with E-state index in [0.29, 0.717) is 18.1 Å². The average Bonchev–Trinajstić information content (AvgIpc) is 2.39. The highest BCUT2D eigenvalue weighted by Crippen LogP contribution is 2.32. The molecule has 0 aromatic heterocycles. The standard InChI is InChI=1S/C17H33N3O/c1-6-17(3,4)19-16(21)12(2)18-13-10-14-8-7-9-15(11-13)20(14)5/h12-15,18H,6-11H2,1-5H3,(H,19,21). The van der Waals surface area contributed by atoms with Gasteiger partial charge in [0.25, 0.3) is 0 Å². The van der Waals surface area contributed by atoms with Gasteiger partial charge in [0.15, 0.2) is 0 Å². The van der Waals surface area contributed by atoms with Gasteiger partial charge in [-0.1, -0.05) is 13.3 Å². The van der Waals surface area contributed by atoms with Crippen molar-refractivity contribution >= 4 is 5.91 Å². The molecule has 0 aliphatic carbocycles. The van der Waals surface area contributed by atoms with Crippen molar-refractivity contribution in [2.24, 2.45) is 0 Å². The van der Waals surface area contributed by atoms with E-state index < -0.39 is 0 Å². The number of rotatable bonds is 5. The number of hydrogen-bond acceptors (Lipinski definition) is 3. The third kappa shape index (κ3) is 4.19. The lowest BCUT2D eigenvalue weighted by Crippen LogP contribution is -2.58. The molecule has 4 heteroatoms. The van der Waals surface area contributed by atoms with E-state index in [1.807, 2.05) is 6.92 Å². The summed E-state index contributed by atoms with van der Waals surface area (Å²) in [5.41, 5.74) is -0.115. The lowest BCUT2D eigenvalue weighted by atomic mass is 9.82. The molecule has 0 radical (unpaired) electrons. The molecule has 0 saturated carbocycles. The molecule has 0 spiro atoms. The van der Waals surface area contributed by atoms with Crippen LogP contribution in [-0.4, -0.2) is 47.6 Å². The number of fused-ring (bicyclic) bond motifs is 2. The quantitative estimate of drug-likeness (QED) is 0.818. The van der Waals surface area contributed by atoms with E-state index in [9.17, 15) is 4.79 Å². The Kier molecular flexibility index (Phi) is 5.31. The molecule has 2 fully saturated rings. The summed E-state index contributed by atoms with van der Waals surface area (Å²) in [4.78, 5) is 14.9. The van der Waals surface area contributed by atoms with Gasteiger partial charge in [-0.15, -0.1) is 0 Å². The van der Waals surface area contributed by atoms with Crippen molar-refractivity contribution in [1.29, 1.82) is 0 Å². The van der Waals surface area contributed by atoms with Crippen LogP contribution in [0.2, 0.25) is 0 Å². The second-order valence-electron chi connectivity index (χ2n) is 7.69. The summed E-state index contributed by atoms with van der Waals surface area (Å²) in [6.07, 6.45) is 7.31. The van der Waals surface area contributed by atoms with Gasteiger partial charge in [-0.05, 0) is 59.9 Å². The number of amides is 1. The minimum atomic E-state index is -0.115. The Morgan fingerprint density at radius 3 is 2.38 bits per heavy atom. The van der Waals surface area contributed by atoms with E-state index in [2.05, 4.69) is 43.4 Å². The summed E-state index contributed by atoms with van der Waals surface area (Å²) < 4.78 is 0. The van der Waals surface area contributed by atoms with Crippen LogP contribution in [0.5, 0.6) is 0 Å². The Balaban J connectivity index is 1.85. The lowest BCUT2D eigenvalue weighted by Gasteiger charge is -2.47. The van der Waals surface area contributed by atoms with Crippen LogP contribution in [0.3, 0.4) is 0 Å². The van der Waals surface area contributed by atoms with Gasteiger partial charge in [-0.2, -0.15) is 0 Å². The normalized spacial score (nSPS) is 31.8. The molecular weight excluding hydrogens is 262 g/mol. The minimum absolute atomic E-state index is 0.107. The fraction of sp³-hybridized carbons (Fsp3) is 0.941. The van der Waals surface area contributed by atoms with Crippen molar-refractivity contribution < 1.29 is 4.79 Å². The van der Waals surface area contributed by atoms with Crippen LogP contribution in [0.15, 0.2) is 0 Å². The highest BCUT2D eigenvalue weighted by molar-refractivity contribution is 5.82. The molecule has 3 unspecified atom stereocenters. The highest BCUT2D eigenvalue weighted by atomic mass is 16.2. The molecule has 3 atom stereocenters. The first kappa shape index (κ1) is 16.8. The molecular formula is C17H33N3O. The second kappa shape index (κ2) is 6.66. The lowest BCUT2D eigenvalue weighted by molar-refractivity contribution is -0.124. The van der Waals surface area contributed by atoms with Crippen LogP contribution in [0.25, 0.3) is 0 Å². The smallest absolute Gasteiger partial charge is 0.237 e. The Morgan fingerprint density at radius 1 is 1.29 bits per heavy atom. The third-order valence-electron chi connectivity index (χ3n) is 5.56. The zero-order valence-electron chi connectivity index (χ0n) is 14.4. The number of nitrogens with zero attached hydrogens (tertiary/aromatic N) is 1. The van der Waals surface area contributed by atoms with Crippen LogP contribution in [-0.2, 0) is 4.79 Å². The van der Waals surface area contributed by atoms with E-state index in [4.69, 9.17) is 0 Å².